The molecular weight excluding hydrogens is 425 g/mol. The number of nitro benzene ring substituents is 1. The summed E-state index contributed by atoms with van der Waals surface area (Å²) < 4.78 is 38.6. The van der Waals surface area contributed by atoms with Gasteiger partial charge in [0.05, 0.1) is 10.5 Å². The van der Waals surface area contributed by atoms with Gasteiger partial charge in [-0.15, -0.1) is 11.3 Å². The first-order chi connectivity index (χ1) is 14.1. The molecule has 0 saturated carbocycles. The smallest absolute Gasteiger partial charge is 0.366 e. The number of Topliss-reactive ketones (excluding diaryl/α,β-unsaturated/α-hetero) is 1. The molecule has 0 radical (unpaired) electrons. The lowest BCUT2D eigenvalue weighted by atomic mass is 9.95. The summed E-state index contributed by atoms with van der Waals surface area (Å²) in [5, 5.41) is 15.8. The van der Waals surface area contributed by atoms with E-state index in [0.717, 1.165) is 23.5 Å². The summed E-state index contributed by atoms with van der Waals surface area (Å²) in [6.07, 6.45) is -3.93. The van der Waals surface area contributed by atoms with Crippen LogP contribution in [0.2, 0.25) is 0 Å². The number of hydrogen-bond donors (Lipinski definition) is 1. The number of carbonyl (C=O) groups is 2. The Morgan fingerprint density at radius 2 is 1.97 bits per heavy atom. The topological polar surface area (TPSA) is 105 Å². The molecule has 1 fully saturated rings. The van der Waals surface area contributed by atoms with Gasteiger partial charge in [0.25, 0.3) is 5.69 Å². The highest BCUT2D eigenvalue weighted by molar-refractivity contribution is 7.14. The lowest BCUT2D eigenvalue weighted by molar-refractivity contribution is -0.384. The second kappa shape index (κ2) is 8.38. The third-order valence-electron chi connectivity index (χ3n) is 4.80. The van der Waals surface area contributed by atoms with Crippen molar-refractivity contribution in [3.63, 3.8) is 0 Å². The lowest BCUT2D eigenvalue weighted by Gasteiger charge is -2.32. The molecule has 0 atom stereocenters. The Hall–Kier alpha value is -3.02. The second-order valence-electron chi connectivity index (χ2n) is 6.80. The predicted octanol–water partition coefficient (Wildman–Crippen LogP) is 4.13. The number of nitrogens with one attached hydrogen (secondary N) is 1. The van der Waals surface area contributed by atoms with Crippen LogP contribution in [0, 0.1) is 16.0 Å². The van der Waals surface area contributed by atoms with Crippen LogP contribution in [0.1, 0.15) is 35.8 Å². The Balaban J connectivity index is 1.67. The molecule has 8 nitrogen and oxygen atoms in total. The number of anilines is 2. The van der Waals surface area contributed by atoms with Crippen LogP contribution in [0.3, 0.4) is 0 Å². The van der Waals surface area contributed by atoms with Gasteiger partial charge in [0.15, 0.2) is 10.9 Å². The van der Waals surface area contributed by atoms with E-state index < -0.39 is 22.4 Å². The van der Waals surface area contributed by atoms with Crippen molar-refractivity contribution in [2.75, 3.05) is 23.3 Å². The molecule has 2 aromatic rings. The summed E-state index contributed by atoms with van der Waals surface area (Å²) in [4.78, 5) is 39.8. The van der Waals surface area contributed by atoms with E-state index in [9.17, 15) is 32.9 Å². The highest BCUT2D eigenvalue weighted by Gasteiger charge is 2.35. The highest BCUT2D eigenvalue weighted by atomic mass is 32.1. The molecule has 0 bridgehead atoms. The first-order valence-electron chi connectivity index (χ1n) is 8.94. The van der Waals surface area contributed by atoms with Gasteiger partial charge < -0.3 is 10.2 Å². The van der Waals surface area contributed by atoms with Crippen molar-refractivity contribution in [1.82, 2.24) is 4.98 Å². The molecule has 30 heavy (non-hydrogen) atoms. The van der Waals surface area contributed by atoms with E-state index >= 15 is 0 Å². The largest absolute Gasteiger partial charge is 0.416 e. The zero-order valence-corrected chi connectivity index (χ0v) is 16.5. The number of hydrogen-bond acceptors (Lipinski definition) is 7. The number of nitro groups is 1. The maximum atomic E-state index is 12.9. The zero-order valence-electron chi connectivity index (χ0n) is 15.7. The average Bonchev–Trinajstić information content (AvgIpc) is 3.15. The van der Waals surface area contributed by atoms with Crippen LogP contribution in [-0.2, 0) is 11.0 Å². The summed E-state index contributed by atoms with van der Waals surface area (Å²) in [6.45, 7) is 1.93. The third kappa shape index (κ3) is 4.75. The van der Waals surface area contributed by atoms with Crippen LogP contribution in [-0.4, -0.2) is 34.7 Å². The Labute approximate surface area is 172 Å². The van der Waals surface area contributed by atoms with Gasteiger partial charge in [-0.2, -0.15) is 13.2 Å². The minimum absolute atomic E-state index is 0.0953. The number of ketones is 1. The maximum Gasteiger partial charge on any atom is 0.416 e. The van der Waals surface area contributed by atoms with E-state index in [1.54, 1.807) is 10.3 Å². The fraction of sp³-hybridized carbons (Fsp3) is 0.389. The summed E-state index contributed by atoms with van der Waals surface area (Å²) in [7, 11) is 0. The minimum Gasteiger partial charge on any atom is -0.366 e. The van der Waals surface area contributed by atoms with Crippen molar-refractivity contribution in [3.8, 4) is 0 Å². The first kappa shape index (κ1) is 21.7. The van der Waals surface area contributed by atoms with Crippen molar-refractivity contribution in [1.29, 1.82) is 0 Å². The van der Waals surface area contributed by atoms with Crippen LogP contribution in [0.4, 0.5) is 29.7 Å². The van der Waals surface area contributed by atoms with E-state index in [1.807, 2.05) is 0 Å². The summed E-state index contributed by atoms with van der Waals surface area (Å²) in [5.74, 6) is -0.862. The second-order valence-corrected chi connectivity index (χ2v) is 7.66. The number of halogens is 3. The summed E-state index contributed by atoms with van der Waals surface area (Å²) >= 11 is 1.13. The molecule has 12 heteroatoms. The Morgan fingerprint density at radius 3 is 2.50 bits per heavy atom. The van der Waals surface area contributed by atoms with E-state index in [4.69, 9.17) is 0 Å². The highest BCUT2D eigenvalue weighted by Crippen LogP contribution is 2.37. The summed E-state index contributed by atoms with van der Waals surface area (Å²) in [5.41, 5.74) is -1.34. The normalized spacial score (nSPS) is 15.1. The molecule has 2 heterocycles. The summed E-state index contributed by atoms with van der Waals surface area (Å²) in [6, 6.07) is 2.44. The molecule has 1 saturated heterocycles. The zero-order chi connectivity index (χ0) is 22.1. The van der Waals surface area contributed by atoms with Gasteiger partial charge in [-0.05, 0) is 25.0 Å². The lowest BCUT2D eigenvalue weighted by Crippen LogP contribution is -2.38. The number of piperidine rings is 1. The molecule has 1 aliphatic rings. The van der Waals surface area contributed by atoms with E-state index in [-0.39, 0.29) is 42.1 Å². The molecule has 1 aromatic carbocycles. The number of rotatable bonds is 5. The molecule has 3 rings (SSSR count). The van der Waals surface area contributed by atoms with Gasteiger partial charge in [0.1, 0.15) is 11.4 Å². The Morgan fingerprint density at radius 1 is 1.30 bits per heavy atom. The molecule has 0 spiro atoms. The van der Waals surface area contributed by atoms with Gasteiger partial charge in [-0.1, -0.05) is 0 Å². The number of thiazole rings is 1. The maximum absolute atomic E-state index is 12.9. The number of benzene rings is 1. The molecule has 0 unspecified atom stereocenters. The number of alkyl halides is 3. The van der Waals surface area contributed by atoms with E-state index in [2.05, 4.69) is 10.3 Å². The number of aromatic nitrogens is 1. The fourth-order valence-electron chi connectivity index (χ4n) is 3.20. The van der Waals surface area contributed by atoms with Crippen molar-refractivity contribution in [3.05, 3.63) is 45.0 Å². The average molecular weight is 442 g/mol. The Kier molecular flexibility index (Phi) is 6.06. The van der Waals surface area contributed by atoms with Gasteiger partial charge >= 0.3 is 6.18 Å². The SMILES string of the molecule is CC(=O)c1csc(NC(=O)C2CCN(c3ccc(C(F)(F)F)cc3[N+](=O)[O-])CC2)n1. The van der Waals surface area contributed by atoms with Crippen molar-refractivity contribution in [2.24, 2.45) is 5.92 Å². The van der Waals surface area contributed by atoms with Gasteiger partial charge in [-0.3, -0.25) is 19.7 Å². The molecule has 1 amide bonds. The molecule has 160 valence electrons. The molecule has 1 N–H and O–H groups in total. The van der Waals surface area contributed by atoms with Crippen molar-refractivity contribution >= 4 is 39.5 Å². The first-order valence-corrected chi connectivity index (χ1v) is 9.82. The predicted molar refractivity (Wildman–Crippen MR) is 104 cm³/mol. The number of nitrogens with zero attached hydrogens (tertiary/aromatic N) is 3. The minimum atomic E-state index is -4.67. The number of carbonyl (C=O) groups excluding carboxylic acids is 2. The third-order valence-corrected chi connectivity index (χ3v) is 5.56. The fourth-order valence-corrected chi connectivity index (χ4v) is 3.95. The van der Waals surface area contributed by atoms with Crippen LogP contribution in [0.5, 0.6) is 0 Å². The van der Waals surface area contributed by atoms with Gasteiger partial charge in [-0.25, -0.2) is 4.98 Å². The monoisotopic (exact) mass is 442 g/mol. The molecular formula is C18H17F3N4O4S. The molecule has 1 aromatic heterocycles. The van der Waals surface area contributed by atoms with E-state index in [0.29, 0.717) is 24.0 Å². The van der Waals surface area contributed by atoms with Gasteiger partial charge in [0, 0.05) is 37.4 Å². The van der Waals surface area contributed by atoms with Gasteiger partial charge in [0.2, 0.25) is 5.91 Å². The van der Waals surface area contributed by atoms with Crippen LogP contribution in [0.25, 0.3) is 0 Å². The Bertz CT molecular complexity index is 984. The quantitative estimate of drug-likeness (QED) is 0.424. The van der Waals surface area contributed by atoms with Crippen LogP contribution < -0.4 is 10.2 Å². The van der Waals surface area contributed by atoms with Crippen LogP contribution in [0.15, 0.2) is 23.6 Å². The standard InChI is InChI=1S/C18H17F3N4O4S/c1-10(26)13-9-30-17(22-13)23-16(27)11-4-6-24(7-5-11)14-3-2-12(18(19,20)21)8-15(14)25(28)29/h2-3,8-9,11H,4-7H2,1H3,(H,22,23,27). The molecule has 0 aliphatic carbocycles. The van der Waals surface area contributed by atoms with Crippen LogP contribution >= 0.6 is 11.3 Å². The molecule has 1 aliphatic heterocycles. The van der Waals surface area contributed by atoms with Crippen molar-refractivity contribution in [2.45, 2.75) is 25.9 Å². The van der Waals surface area contributed by atoms with Crippen molar-refractivity contribution < 1.29 is 27.7 Å². The number of amides is 1. The van der Waals surface area contributed by atoms with E-state index in [1.165, 1.54) is 6.92 Å².